The molecule has 0 saturated heterocycles. The highest BCUT2D eigenvalue weighted by Gasteiger charge is 2.38. The number of para-hydroxylation sites is 4. The van der Waals surface area contributed by atoms with Crippen LogP contribution in [0.1, 0.15) is 231 Å². The first-order valence-corrected chi connectivity index (χ1v) is 41.3. The van der Waals surface area contributed by atoms with Crippen LogP contribution in [0.15, 0.2) is 227 Å². The summed E-state index contributed by atoms with van der Waals surface area (Å²) in [6.07, 6.45) is 41.8. The molecule has 4 heterocycles. The predicted molar refractivity (Wildman–Crippen MR) is 452 cm³/mol. The van der Waals surface area contributed by atoms with Gasteiger partial charge in [-0.05, 0) is 96.8 Å². The Kier molecular flexibility index (Phi) is 30.1. The molecule has 12 rings (SSSR count). The Morgan fingerprint density at radius 3 is 1.00 bits per heavy atom. The lowest BCUT2D eigenvalue weighted by Crippen LogP contribution is -2.54. The number of hydrogen-bond donors (Lipinski definition) is 0. The van der Waals surface area contributed by atoms with Crippen molar-refractivity contribution in [2.45, 2.75) is 219 Å². The molecule has 8 aromatic carbocycles. The minimum Gasteiger partial charge on any atom is -0.494 e. The summed E-state index contributed by atoms with van der Waals surface area (Å²) in [6, 6.07) is 77.1. The topological polar surface area (TPSA) is 109 Å². The van der Waals surface area contributed by atoms with Crippen LogP contribution in [-0.4, -0.2) is 45.8 Å². The molecule has 0 atom stereocenters. The van der Waals surface area contributed by atoms with E-state index < -0.39 is 13.7 Å². The van der Waals surface area contributed by atoms with Crippen LogP contribution in [0, 0.1) is 17.9 Å². The van der Waals surface area contributed by atoms with Gasteiger partial charge in [-0.1, -0.05) is 374 Å². The van der Waals surface area contributed by atoms with Crippen molar-refractivity contribution >= 4 is 79.8 Å². The van der Waals surface area contributed by atoms with Gasteiger partial charge in [0.25, 0.3) is 5.70 Å². The van der Waals surface area contributed by atoms with Crippen molar-refractivity contribution in [2.24, 2.45) is 0 Å². The average Bonchev–Trinajstić information content (AvgIpc) is 1.52. The molecule has 0 spiro atoms. The Bertz CT molecular complexity index is 4440. The Morgan fingerprint density at radius 2 is 0.667 bits per heavy atom. The van der Waals surface area contributed by atoms with Crippen LogP contribution in [0.5, 0.6) is 11.5 Å². The van der Waals surface area contributed by atoms with Gasteiger partial charge in [0.05, 0.1) is 30.5 Å². The third kappa shape index (κ3) is 20.4. The van der Waals surface area contributed by atoms with Crippen LogP contribution >= 0.6 is 0 Å². The fourth-order valence-corrected chi connectivity index (χ4v) is 15.9. The van der Waals surface area contributed by atoms with E-state index in [1.165, 1.54) is 180 Å². The number of unbranched alkanes of at least 4 members (excludes halogenated alkanes) is 30. The summed E-state index contributed by atoms with van der Waals surface area (Å²) >= 11 is 0. The monoisotopic (exact) mass is 1430 g/mol. The lowest BCUT2D eigenvalue weighted by atomic mass is 9.50. The van der Waals surface area contributed by atoms with E-state index in [1.807, 2.05) is 72.8 Å². The summed E-state index contributed by atoms with van der Waals surface area (Å²) in [4.78, 5) is 15.1. The highest BCUT2D eigenvalue weighted by molar-refractivity contribution is 6.85. The maximum Gasteiger partial charge on any atom is 0.328 e. The van der Waals surface area contributed by atoms with Crippen molar-refractivity contribution in [1.82, 2.24) is 18.9 Å². The lowest BCUT2D eigenvalue weighted by molar-refractivity contribution is 0.304. The number of aromatic nitrogens is 4. The van der Waals surface area contributed by atoms with Gasteiger partial charge in [0.1, 0.15) is 34.2 Å². The van der Waals surface area contributed by atoms with Crippen molar-refractivity contribution in [1.29, 1.82) is 5.26 Å². The zero-order chi connectivity index (χ0) is 74.2. The van der Waals surface area contributed by atoms with Crippen LogP contribution < -0.4 is 42.0 Å². The predicted octanol–water partition coefficient (Wildman–Crippen LogP) is 22.4. The van der Waals surface area contributed by atoms with Crippen LogP contribution in [-0.2, 0) is 0 Å². The van der Waals surface area contributed by atoms with Gasteiger partial charge < -0.3 is 27.3 Å². The van der Waals surface area contributed by atoms with Crippen molar-refractivity contribution in [3.8, 4) is 40.1 Å². The first-order valence-electron chi connectivity index (χ1n) is 41.3. The third-order valence-electron chi connectivity index (χ3n) is 21.6. The summed E-state index contributed by atoms with van der Waals surface area (Å²) in [5.41, 5.74) is 9.79. The smallest absolute Gasteiger partial charge is 0.328 e. The highest BCUT2D eigenvalue weighted by Crippen LogP contribution is 2.39. The highest BCUT2D eigenvalue weighted by atomic mass is 16.5. The normalized spacial score (nSPS) is 12.0. The van der Waals surface area contributed by atoms with Crippen molar-refractivity contribution in [2.75, 3.05) is 13.2 Å². The number of hydrogen-bond acceptors (Lipinski definition) is 7. The quantitative estimate of drug-likeness (QED) is 0.0212. The Hall–Kier alpha value is -10.0. The maximum atomic E-state index is 12.5. The molecule has 0 radical (unpaired) electrons. The van der Waals surface area contributed by atoms with Gasteiger partial charge >= 0.3 is 13.7 Å². The summed E-state index contributed by atoms with van der Waals surface area (Å²) in [6.45, 7) is 14.4. The molecule has 0 saturated carbocycles. The molecular weight excluding hydrogens is 1320 g/mol. The Balaban J connectivity index is 0.990. The number of benzene rings is 8. The molecular formula is C96H110B2N6O4. The zero-order valence-corrected chi connectivity index (χ0v) is 64.3. The van der Waals surface area contributed by atoms with E-state index >= 15 is 0 Å². The first-order chi connectivity index (χ1) is 53.6. The second-order valence-electron chi connectivity index (χ2n) is 29.6. The number of nitriles is 1. The fourth-order valence-electron chi connectivity index (χ4n) is 15.9. The number of rotatable bonds is 46. The van der Waals surface area contributed by atoms with Crippen LogP contribution in [0.4, 0.5) is 0 Å². The molecule has 4 aromatic heterocycles. The molecule has 0 aliphatic heterocycles. The molecule has 0 unspecified atom stereocenters. The minimum absolute atomic E-state index is 0.165. The van der Waals surface area contributed by atoms with Gasteiger partial charge in [0, 0.05) is 22.2 Å². The fraction of sp³-hybridized carbons (Fsp3) is 0.375. The van der Waals surface area contributed by atoms with Gasteiger partial charge in [-0.2, -0.15) is 5.26 Å². The van der Waals surface area contributed by atoms with E-state index in [9.17, 15) is 11.8 Å². The summed E-state index contributed by atoms with van der Waals surface area (Å²) in [5.74, 6) is 1.85. The standard InChI is InChI=1S/C96H110B2N6O4/c1-4-6-8-10-12-14-16-18-20-22-24-26-28-30-32-50-72-105-81-68-64-75(65-69-81)91-88-89(94(90(100-3)96-102-85-61-47-49-63-87(85)108-96)104(91)98(79-56-42-36-43-57-79)80-58-44-37-45-59-80)92(76-66-70-82(71-67-76)106-73-51-33-31-29-27-25-23-21-19-17-15-13-11-9-7-5-2)103(97(77-52-38-34-39-53-77)78-54-40-35-41-55-78)93(88)83(74-99)95-101-84-60-46-48-62-86(84)107-95/h34-49,52-71H,4-33,50-51,72-73H2,1-2H3/b93-83-,94-90+. The molecule has 0 fully saturated rings. The van der Waals surface area contributed by atoms with E-state index in [-0.39, 0.29) is 23.1 Å². The molecule has 0 amide bonds. The summed E-state index contributed by atoms with van der Waals surface area (Å²) < 4.78 is 31.8. The molecule has 0 bridgehead atoms. The zero-order valence-electron chi connectivity index (χ0n) is 64.3. The molecule has 0 aliphatic carbocycles. The van der Waals surface area contributed by atoms with E-state index in [4.69, 9.17) is 28.3 Å². The van der Waals surface area contributed by atoms with Crippen LogP contribution in [0.25, 0.3) is 71.6 Å². The lowest BCUT2D eigenvalue weighted by Gasteiger charge is -2.24. The Morgan fingerprint density at radius 1 is 0.370 bits per heavy atom. The Labute approximate surface area is 643 Å². The third-order valence-corrected chi connectivity index (χ3v) is 21.6. The molecule has 0 N–H and O–H groups in total. The van der Waals surface area contributed by atoms with Crippen LogP contribution in [0.3, 0.4) is 0 Å². The minimum atomic E-state index is -0.586. The van der Waals surface area contributed by atoms with Crippen LogP contribution in [0.2, 0.25) is 0 Å². The van der Waals surface area contributed by atoms with Crippen molar-refractivity contribution in [3.63, 3.8) is 0 Å². The SMILES string of the molecule is [C-]#[N+]/C(c1nc2ccccc2o1)=c1\c2c(-c3ccc(OCCCCCCCCCCCCCCCCCC)cc3)n(B(c3ccccc3)c3ccccc3)/c(=C(/C#N)c3nc4ccccc4o3)c2c(-c2ccc(OCCCCCCCCCCCCCCCCCC)cc2)n1B(c1ccccc1)c1ccccc1. The van der Waals surface area contributed by atoms with Gasteiger partial charge in [-0.3, -0.25) is 0 Å². The molecule has 0 aliphatic rings. The molecule has 554 valence electrons. The van der Waals surface area contributed by atoms with E-state index in [2.05, 4.69) is 179 Å². The summed E-state index contributed by atoms with van der Waals surface area (Å²) in [7, 11) is 0. The number of oxazole rings is 2. The number of ether oxygens (including phenoxy) is 2. The molecule has 12 aromatic rings. The van der Waals surface area contributed by atoms with Gasteiger partial charge in [-0.15, -0.1) is 0 Å². The molecule has 10 nitrogen and oxygen atoms in total. The largest absolute Gasteiger partial charge is 0.494 e. The van der Waals surface area contributed by atoms with Crippen molar-refractivity contribution < 1.29 is 18.3 Å². The van der Waals surface area contributed by atoms with E-state index in [0.717, 1.165) is 81.5 Å². The number of nitrogens with zero attached hydrogens (tertiary/aromatic N) is 6. The van der Waals surface area contributed by atoms with Gasteiger partial charge in [0.2, 0.25) is 11.8 Å². The van der Waals surface area contributed by atoms with Gasteiger partial charge in [0.15, 0.2) is 11.2 Å². The molecule has 108 heavy (non-hydrogen) atoms. The summed E-state index contributed by atoms with van der Waals surface area (Å²) in [5, 5.41) is 15.0. The second-order valence-corrected chi connectivity index (χ2v) is 29.6. The van der Waals surface area contributed by atoms with E-state index in [0.29, 0.717) is 56.9 Å². The van der Waals surface area contributed by atoms with Gasteiger partial charge in [-0.25, -0.2) is 14.8 Å². The second kappa shape index (κ2) is 41.9. The maximum absolute atomic E-state index is 12.5. The first kappa shape index (κ1) is 77.6. The van der Waals surface area contributed by atoms with E-state index in [1.54, 1.807) is 0 Å². The molecule has 12 heteroatoms. The average molecular weight is 1430 g/mol. The van der Waals surface area contributed by atoms with Crippen molar-refractivity contribution in [3.05, 3.63) is 252 Å². The number of fused-ring (bicyclic) bond motifs is 3.